The van der Waals surface area contributed by atoms with Gasteiger partial charge in [-0.05, 0) is 23.8 Å². The first-order valence-electron chi connectivity index (χ1n) is 7.90. The van der Waals surface area contributed by atoms with Crippen molar-refractivity contribution in [2.75, 3.05) is 11.4 Å². The second kappa shape index (κ2) is 7.37. The van der Waals surface area contributed by atoms with Gasteiger partial charge in [0.1, 0.15) is 6.07 Å². The lowest BCUT2D eigenvalue weighted by Gasteiger charge is -2.18. The third-order valence-electron chi connectivity index (χ3n) is 4.22. The number of carbonyl (C=O) groups excluding carboxylic acids is 2. The van der Waals surface area contributed by atoms with Gasteiger partial charge in [0.25, 0.3) is 0 Å². The predicted octanol–water partition coefficient (Wildman–Crippen LogP) is 2.88. The molecule has 0 radical (unpaired) electrons. The van der Waals surface area contributed by atoms with Crippen molar-refractivity contribution in [1.82, 2.24) is 5.32 Å². The summed E-state index contributed by atoms with van der Waals surface area (Å²) in [5.74, 6) is -0.785. The van der Waals surface area contributed by atoms with Gasteiger partial charge in [-0.25, -0.2) is 0 Å². The van der Waals surface area contributed by atoms with Crippen molar-refractivity contribution in [3.63, 3.8) is 0 Å². The molecule has 1 saturated heterocycles. The second-order valence-electron chi connectivity index (χ2n) is 5.84. The van der Waals surface area contributed by atoms with Crippen molar-refractivity contribution in [1.29, 1.82) is 5.26 Å². The van der Waals surface area contributed by atoms with Gasteiger partial charge in [0.05, 0.1) is 17.2 Å². The van der Waals surface area contributed by atoms with E-state index < -0.39 is 5.92 Å². The van der Waals surface area contributed by atoms with E-state index in [2.05, 4.69) is 11.4 Å². The van der Waals surface area contributed by atoms with Crippen LogP contribution in [0.15, 0.2) is 48.5 Å². The zero-order valence-corrected chi connectivity index (χ0v) is 14.2. The Hall–Kier alpha value is -2.84. The van der Waals surface area contributed by atoms with E-state index >= 15 is 0 Å². The van der Waals surface area contributed by atoms with Crippen molar-refractivity contribution in [3.05, 3.63) is 64.7 Å². The van der Waals surface area contributed by atoms with Crippen LogP contribution >= 0.6 is 11.6 Å². The van der Waals surface area contributed by atoms with E-state index in [9.17, 15) is 14.9 Å². The Morgan fingerprint density at radius 3 is 2.72 bits per heavy atom. The molecule has 0 spiro atoms. The molecule has 2 aromatic carbocycles. The molecule has 5 nitrogen and oxygen atoms in total. The van der Waals surface area contributed by atoms with Gasteiger partial charge in [-0.15, -0.1) is 0 Å². The maximum atomic E-state index is 12.4. The van der Waals surface area contributed by atoms with Gasteiger partial charge in [0.15, 0.2) is 0 Å². The van der Waals surface area contributed by atoms with E-state index in [-0.39, 0.29) is 24.8 Å². The number of nitrogens with zero attached hydrogens (tertiary/aromatic N) is 2. The highest BCUT2D eigenvalue weighted by Crippen LogP contribution is 2.28. The number of para-hydroxylation sites is 1. The summed E-state index contributed by atoms with van der Waals surface area (Å²) in [6, 6.07) is 16.3. The summed E-state index contributed by atoms with van der Waals surface area (Å²) < 4.78 is 0. The molecule has 1 aliphatic heterocycles. The van der Waals surface area contributed by atoms with Crippen LogP contribution in [-0.4, -0.2) is 18.4 Å². The summed E-state index contributed by atoms with van der Waals surface area (Å²) in [7, 11) is 0. The van der Waals surface area contributed by atoms with Gasteiger partial charge in [-0.1, -0.05) is 41.9 Å². The zero-order chi connectivity index (χ0) is 17.8. The molecular formula is C19H16ClN3O2. The summed E-state index contributed by atoms with van der Waals surface area (Å²) in [4.78, 5) is 26.2. The lowest BCUT2D eigenvalue weighted by atomic mass is 10.1. The van der Waals surface area contributed by atoms with Crippen molar-refractivity contribution in [3.8, 4) is 6.07 Å². The monoisotopic (exact) mass is 353 g/mol. The third-order valence-corrected chi connectivity index (χ3v) is 4.59. The van der Waals surface area contributed by atoms with Crippen LogP contribution in [0.4, 0.5) is 5.69 Å². The lowest BCUT2D eigenvalue weighted by Crippen LogP contribution is -2.32. The van der Waals surface area contributed by atoms with Gasteiger partial charge < -0.3 is 10.2 Å². The Morgan fingerprint density at radius 1 is 1.24 bits per heavy atom. The fourth-order valence-electron chi connectivity index (χ4n) is 2.89. The molecule has 3 rings (SSSR count). The summed E-state index contributed by atoms with van der Waals surface area (Å²) >= 11 is 6.08. The number of rotatable bonds is 4. The Morgan fingerprint density at radius 2 is 1.96 bits per heavy atom. The minimum Gasteiger partial charge on any atom is -0.352 e. The Kier molecular flexibility index (Phi) is 5.01. The average molecular weight is 354 g/mol. The smallest absolute Gasteiger partial charge is 0.227 e. The molecule has 6 heteroatoms. The van der Waals surface area contributed by atoms with E-state index in [1.165, 1.54) is 4.90 Å². The molecule has 1 heterocycles. The minimum absolute atomic E-state index is 0.133. The second-order valence-corrected chi connectivity index (χ2v) is 6.25. The number of amides is 2. The molecule has 0 saturated carbocycles. The van der Waals surface area contributed by atoms with E-state index in [0.29, 0.717) is 22.8 Å². The standard InChI is InChI=1S/C19H16ClN3O2/c20-16-7-3-1-6-14(16)11-22-19(25)15-9-18(24)23(12-15)17-8-4-2-5-13(17)10-21/h1-8,15H,9,11-12H2,(H,22,25). The SMILES string of the molecule is N#Cc1ccccc1N1CC(C(=O)NCc2ccccc2Cl)CC1=O. The number of nitriles is 1. The maximum Gasteiger partial charge on any atom is 0.227 e. The highest BCUT2D eigenvalue weighted by Gasteiger charge is 2.35. The number of hydrogen-bond acceptors (Lipinski definition) is 3. The molecule has 1 unspecified atom stereocenters. The molecule has 1 aliphatic rings. The molecule has 25 heavy (non-hydrogen) atoms. The number of halogens is 1. The molecule has 2 amide bonds. The first-order valence-corrected chi connectivity index (χ1v) is 8.28. The van der Waals surface area contributed by atoms with Crippen molar-refractivity contribution in [2.24, 2.45) is 5.92 Å². The molecular weight excluding hydrogens is 338 g/mol. The Balaban J connectivity index is 1.67. The van der Waals surface area contributed by atoms with Gasteiger partial charge in [-0.3, -0.25) is 9.59 Å². The molecule has 0 bridgehead atoms. The quantitative estimate of drug-likeness (QED) is 0.918. The minimum atomic E-state index is -0.443. The third kappa shape index (κ3) is 3.65. The van der Waals surface area contributed by atoms with Crippen LogP contribution in [0.3, 0.4) is 0 Å². The molecule has 0 aromatic heterocycles. The van der Waals surface area contributed by atoms with Gasteiger partial charge in [-0.2, -0.15) is 5.26 Å². The van der Waals surface area contributed by atoms with E-state index in [0.717, 1.165) is 5.56 Å². The number of hydrogen-bond donors (Lipinski definition) is 1. The average Bonchev–Trinajstić information content (AvgIpc) is 3.02. The summed E-state index contributed by atoms with van der Waals surface area (Å²) in [6.45, 7) is 0.587. The zero-order valence-electron chi connectivity index (χ0n) is 13.4. The van der Waals surface area contributed by atoms with E-state index in [4.69, 9.17) is 11.6 Å². The summed E-state index contributed by atoms with van der Waals surface area (Å²) in [6.07, 6.45) is 0.133. The van der Waals surface area contributed by atoms with Crippen LogP contribution < -0.4 is 10.2 Å². The fourth-order valence-corrected chi connectivity index (χ4v) is 3.09. The number of carbonyl (C=O) groups is 2. The van der Waals surface area contributed by atoms with Crippen LogP contribution in [0.1, 0.15) is 17.5 Å². The highest BCUT2D eigenvalue weighted by atomic mass is 35.5. The molecule has 1 fully saturated rings. The highest BCUT2D eigenvalue weighted by molar-refractivity contribution is 6.31. The lowest BCUT2D eigenvalue weighted by molar-refractivity contribution is -0.126. The molecule has 2 aromatic rings. The van der Waals surface area contributed by atoms with Crippen LogP contribution in [0.2, 0.25) is 5.02 Å². The molecule has 1 atom stereocenters. The Labute approximate surface area is 150 Å². The van der Waals surface area contributed by atoms with Crippen LogP contribution in [0, 0.1) is 17.2 Å². The normalized spacial score (nSPS) is 16.6. The summed E-state index contributed by atoms with van der Waals surface area (Å²) in [5.41, 5.74) is 1.80. The van der Waals surface area contributed by atoms with Crippen LogP contribution in [0.5, 0.6) is 0 Å². The van der Waals surface area contributed by atoms with Crippen molar-refractivity contribution < 1.29 is 9.59 Å². The van der Waals surface area contributed by atoms with Gasteiger partial charge >= 0.3 is 0 Å². The maximum absolute atomic E-state index is 12.4. The van der Waals surface area contributed by atoms with Crippen LogP contribution in [0.25, 0.3) is 0 Å². The van der Waals surface area contributed by atoms with Gasteiger partial charge in [0.2, 0.25) is 11.8 Å². The molecule has 0 aliphatic carbocycles. The largest absolute Gasteiger partial charge is 0.352 e. The van der Waals surface area contributed by atoms with Crippen molar-refractivity contribution >= 4 is 29.1 Å². The fraction of sp³-hybridized carbons (Fsp3) is 0.211. The van der Waals surface area contributed by atoms with Crippen LogP contribution in [-0.2, 0) is 16.1 Å². The molecule has 126 valence electrons. The topological polar surface area (TPSA) is 73.2 Å². The van der Waals surface area contributed by atoms with Gasteiger partial charge in [0, 0.05) is 24.5 Å². The predicted molar refractivity (Wildman–Crippen MR) is 94.9 cm³/mol. The van der Waals surface area contributed by atoms with E-state index in [1.54, 1.807) is 30.3 Å². The Bertz CT molecular complexity index is 860. The number of nitrogens with one attached hydrogen (secondary N) is 1. The van der Waals surface area contributed by atoms with E-state index in [1.807, 2.05) is 18.2 Å². The van der Waals surface area contributed by atoms with Crippen molar-refractivity contribution in [2.45, 2.75) is 13.0 Å². The summed E-state index contributed by atoms with van der Waals surface area (Å²) in [5, 5.41) is 12.6. The first kappa shape index (κ1) is 17.0. The number of benzene rings is 2. The number of anilines is 1. The first-order chi connectivity index (χ1) is 12.1. The molecule has 1 N–H and O–H groups in total.